The molecule has 1 fully saturated rings. The van der Waals surface area contributed by atoms with Crippen molar-refractivity contribution in [2.24, 2.45) is 0 Å². The molecule has 0 bridgehead atoms. The van der Waals surface area contributed by atoms with Crippen molar-refractivity contribution in [2.75, 3.05) is 31.6 Å². The molecular formula is C16H20N6OS. The SMILES string of the molecule is Cc1nc(Nc2ncc(C#N)s2)cc(OCCN2CCCCC2)n1. The lowest BCUT2D eigenvalue weighted by molar-refractivity contribution is 0.180. The van der Waals surface area contributed by atoms with Crippen LogP contribution >= 0.6 is 11.3 Å². The van der Waals surface area contributed by atoms with Crippen molar-refractivity contribution in [3.05, 3.63) is 23.0 Å². The smallest absolute Gasteiger partial charge is 0.218 e. The number of aryl methyl sites for hydroxylation is 1. The molecule has 1 aliphatic heterocycles. The van der Waals surface area contributed by atoms with Gasteiger partial charge < -0.3 is 10.1 Å². The molecule has 24 heavy (non-hydrogen) atoms. The van der Waals surface area contributed by atoms with Gasteiger partial charge in [0.2, 0.25) is 5.88 Å². The van der Waals surface area contributed by atoms with E-state index in [0.29, 0.717) is 34.1 Å². The minimum Gasteiger partial charge on any atom is -0.476 e. The van der Waals surface area contributed by atoms with Crippen molar-refractivity contribution < 1.29 is 4.74 Å². The Hall–Kier alpha value is -2.24. The minimum atomic E-state index is 0.555. The Morgan fingerprint density at radius 3 is 2.92 bits per heavy atom. The molecule has 1 aliphatic rings. The van der Waals surface area contributed by atoms with Crippen molar-refractivity contribution in [1.29, 1.82) is 5.26 Å². The van der Waals surface area contributed by atoms with Crippen LogP contribution in [0, 0.1) is 18.3 Å². The van der Waals surface area contributed by atoms with Crippen molar-refractivity contribution in [3.63, 3.8) is 0 Å². The van der Waals surface area contributed by atoms with Gasteiger partial charge in [-0.3, -0.25) is 4.90 Å². The average molecular weight is 344 g/mol. The Bertz CT molecular complexity index is 720. The number of thiazole rings is 1. The predicted molar refractivity (Wildman–Crippen MR) is 92.7 cm³/mol. The highest BCUT2D eigenvalue weighted by Crippen LogP contribution is 2.22. The summed E-state index contributed by atoms with van der Waals surface area (Å²) in [6.45, 7) is 5.68. The van der Waals surface area contributed by atoms with E-state index in [2.05, 4.69) is 31.2 Å². The van der Waals surface area contributed by atoms with Gasteiger partial charge in [-0.1, -0.05) is 17.8 Å². The highest BCUT2D eigenvalue weighted by molar-refractivity contribution is 7.16. The Balaban J connectivity index is 1.57. The molecule has 0 spiro atoms. The van der Waals surface area contributed by atoms with E-state index in [1.54, 1.807) is 6.07 Å². The van der Waals surface area contributed by atoms with E-state index >= 15 is 0 Å². The van der Waals surface area contributed by atoms with Gasteiger partial charge in [-0.25, -0.2) is 9.97 Å². The molecule has 1 saturated heterocycles. The first-order valence-corrected chi connectivity index (χ1v) is 8.88. The number of ether oxygens (including phenoxy) is 1. The summed E-state index contributed by atoms with van der Waals surface area (Å²) in [5.74, 6) is 1.80. The minimum absolute atomic E-state index is 0.555. The lowest BCUT2D eigenvalue weighted by Gasteiger charge is -2.26. The van der Waals surface area contributed by atoms with Crippen LogP contribution in [-0.4, -0.2) is 46.1 Å². The summed E-state index contributed by atoms with van der Waals surface area (Å²) in [4.78, 5) is 15.8. The first-order valence-electron chi connectivity index (χ1n) is 8.07. The van der Waals surface area contributed by atoms with E-state index in [-0.39, 0.29) is 0 Å². The van der Waals surface area contributed by atoms with E-state index in [9.17, 15) is 0 Å². The van der Waals surface area contributed by atoms with Gasteiger partial charge in [0.05, 0.1) is 6.20 Å². The fourth-order valence-corrected chi connectivity index (χ4v) is 3.25. The number of likely N-dealkylation sites (tertiary alicyclic amines) is 1. The Labute approximate surface area is 145 Å². The molecule has 0 atom stereocenters. The molecular weight excluding hydrogens is 324 g/mol. The van der Waals surface area contributed by atoms with Gasteiger partial charge in [-0.05, 0) is 32.9 Å². The molecule has 0 saturated carbocycles. The number of hydrogen-bond acceptors (Lipinski definition) is 8. The summed E-state index contributed by atoms with van der Waals surface area (Å²) < 4.78 is 5.79. The van der Waals surface area contributed by atoms with Crippen LogP contribution in [0.5, 0.6) is 5.88 Å². The number of nitrogens with one attached hydrogen (secondary N) is 1. The van der Waals surface area contributed by atoms with Crippen molar-refractivity contribution in [3.8, 4) is 11.9 Å². The molecule has 0 aromatic carbocycles. The molecule has 7 nitrogen and oxygen atoms in total. The van der Waals surface area contributed by atoms with Crippen molar-refractivity contribution in [1.82, 2.24) is 19.9 Å². The average Bonchev–Trinajstić information content (AvgIpc) is 3.03. The maximum atomic E-state index is 8.85. The summed E-state index contributed by atoms with van der Waals surface area (Å²) in [6, 6.07) is 3.83. The van der Waals surface area contributed by atoms with Crippen LogP contribution in [0.3, 0.4) is 0 Å². The van der Waals surface area contributed by atoms with E-state index in [1.165, 1.54) is 36.8 Å². The second-order valence-corrected chi connectivity index (χ2v) is 6.69. The zero-order chi connectivity index (χ0) is 16.8. The molecule has 3 rings (SSSR count). The van der Waals surface area contributed by atoms with Crippen molar-refractivity contribution in [2.45, 2.75) is 26.2 Å². The van der Waals surface area contributed by atoms with Crippen LogP contribution in [0.15, 0.2) is 12.3 Å². The van der Waals surface area contributed by atoms with Crippen LogP contribution in [0.2, 0.25) is 0 Å². The molecule has 2 aromatic heterocycles. The van der Waals surface area contributed by atoms with Gasteiger partial charge >= 0.3 is 0 Å². The normalized spacial score (nSPS) is 15.0. The first kappa shape index (κ1) is 16.6. The quantitative estimate of drug-likeness (QED) is 0.862. The number of nitrogens with zero attached hydrogens (tertiary/aromatic N) is 5. The van der Waals surface area contributed by atoms with Crippen molar-refractivity contribution >= 4 is 22.3 Å². The van der Waals surface area contributed by atoms with Gasteiger partial charge in [0.1, 0.15) is 29.2 Å². The van der Waals surface area contributed by atoms with E-state index < -0.39 is 0 Å². The zero-order valence-corrected chi connectivity index (χ0v) is 14.5. The number of piperidine rings is 1. The number of hydrogen-bond donors (Lipinski definition) is 1. The van der Waals surface area contributed by atoms with Gasteiger partial charge in [-0.15, -0.1) is 0 Å². The zero-order valence-electron chi connectivity index (χ0n) is 13.7. The fourth-order valence-electron chi connectivity index (χ4n) is 2.63. The van der Waals surface area contributed by atoms with Gasteiger partial charge in [0, 0.05) is 12.6 Å². The third-order valence-corrected chi connectivity index (χ3v) is 4.59. The second-order valence-electron chi connectivity index (χ2n) is 5.66. The Kier molecular flexibility index (Phi) is 5.56. The first-order chi connectivity index (χ1) is 11.7. The van der Waals surface area contributed by atoms with Crippen LogP contribution in [0.4, 0.5) is 10.9 Å². The maximum absolute atomic E-state index is 8.85. The predicted octanol–water partition coefficient (Wildman–Crippen LogP) is 2.72. The maximum Gasteiger partial charge on any atom is 0.218 e. The summed E-state index contributed by atoms with van der Waals surface area (Å²) in [7, 11) is 0. The summed E-state index contributed by atoms with van der Waals surface area (Å²) in [5.41, 5.74) is 0. The third-order valence-electron chi connectivity index (χ3n) is 3.77. The molecule has 0 amide bonds. The van der Waals surface area contributed by atoms with Crippen LogP contribution in [0.1, 0.15) is 30.0 Å². The lowest BCUT2D eigenvalue weighted by atomic mass is 10.1. The lowest BCUT2D eigenvalue weighted by Crippen LogP contribution is -2.33. The van der Waals surface area contributed by atoms with Crippen LogP contribution in [-0.2, 0) is 0 Å². The summed E-state index contributed by atoms with van der Waals surface area (Å²) >= 11 is 1.28. The molecule has 0 aliphatic carbocycles. The molecule has 8 heteroatoms. The van der Waals surface area contributed by atoms with Gasteiger partial charge in [0.15, 0.2) is 5.13 Å². The summed E-state index contributed by atoms with van der Waals surface area (Å²) in [5, 5.41) is 12.6. The second kappa shape index (κ2) is 8.04. The standard InChI is InChI=1S/C16H20N6OS/c1-12-19-14(21-16-18-11-13(10-17)24-16)9-15(20-12)23-8-7-22-5-3-2-4-6-22/h9,11H,2-8H2,1H3,(H,18,19,20,21). The Morgan fingerprint density at radius 2 is 2.17 bits per heavy atom. The monoisotopic (exact) mass is 344 g/mol. The highest BCUT2D eigenvalue weighted by atomic mass is 32.1. The third kappa shape index (κ3) is 4.63. The number of aromatic nitrogens is 3. The highest BCUT2D eigenvalue weighted by Gasteiger charge is 2.11. The van der Waals surface area contributed by atoms with Crippen LogP contribution in [0.25, 0.3) is 0 Å². The Morgan fingerprint density at radius 1 is 1.33 bits per heavy atom. The topological polar surface area (TPSA) is 87.0 Å². The molecule has 2 aromatic rings. The molecule has 3 heterocycles. The van der Waals surface area contributed by atoms with E-state index in [0.717, 1.165) is 19.6 Å². The fraction of sp³-hybridized carbons (Fsp3) is 0.500. The molecule has 126 valence electrons. The number of anilines is 2. The summed E-state index contributed by atoms with van der Waals surface area (Å²) in [6.07, 6.45) is 5.43. The number of nitriles is 1. The number of rotatable bonds is 6. The van der Waals surface area contributed by atoms with Crippen LogP contribution < -0.4 is 10.1 Å². The largest absolute Gasteiger partial charge is 0.476 e. The van der Waals surface area contributed by atoms with Gasteiger partial charge in [0.25, 0.3) is 0 Å². The van der Waals surface area contributed by atoms with E-state index in [1.807, 2.05) is 6.92 Å². The van der Waals surface area contributed by atoms with E-state index in [4.69, 9.17) is 10.00 Å². The van der Waals surface area contributed by atoms with Gasteiger partial charge in [-0.2, -0.15) is 10.2 Å². The molecule has 1 N–H and O–H groups in total. The molecule has 0 radical (unpaired) electrons. The molecule has 0 unspecified atom stereocenters.